The predicted molar refractivity (Wildman–Crippen MR) is 128 cm³/mol. The lowest BCUT2D eigenvalue weighted by atomic mass is 9.95. The Morgan fingerprint density at radius 2 is 1.51 bits per heavy atom. The normalized spacial score (nSPS) is 21.0. The van der Waals surface area contributed by atoms with E-state index in [1.54, 1.807) is 12.1 Å². The smallest absolute Gasteiger partial charge is 0.338 e. The lowest BCUT2D eigenvalue weighted by Gasteiger charge is -2.28. The molecule has 5 rings (SSSR count). The van der Waals surface area contributed by atoms with Crippen molar-refractivity contribution in [3.63, 3.8) is 0 Å². The first-order valence-corrected chi connectivity index (χ1v) is 12.2. The Labute approximate surface area is 204 Å². The summed E-state index contributed by atoms with van der Waals surface area (Å²) < 4.78 is 10.3. The number of esters is 2. The monoisotopic (exact) mass is 480 g/mol. The molecular weight excluding hydrogens is 448 g/mol. The van der Waals surface area contributed by atoms with Gasteiger partial charge in [-0.2, -0.15) is 0 Å². The number of benzene rings is 2. The fraction of sp³-hybridized carbons (Fsp3) is 0.481. The maximum atomic E-state index is 11.8. The number of nitrogens with zero attached hydrogens (tertiary/aromatic N) is 1. The minimum atomic E-state index is -0.685. The highest BCUT2D eigenvalue weighted by atomic mass is 16.5. The molecule has 1 saturated heterocycles. The maximum absolute atomic E-state index is 11.8. The van der Waals surface area contributed by atoms with Gasteiger partial charge in [0.2, 0.25) is 0 Å². The number of β-amino-alcohol motifs (C(OH)–C–C–N with tert-alkyl or cyclic N) is 1. The molecule has 2 aromatic rings. The summed E-state index contributed by atoms with van der Waals surface area (Å²) in [6.45, 7) is 6.93. The van der Waals surface area contributed by atoms with Crippen LogP contribution < -0.4 is 5.32 Å². The summed E-state index contributed by atoms with van der Waals surface area (Å²) in [6, 6.07) is 7.40. The molecule has 2 aromatic carbocycles. The van der Waals surface area contributed by atoms with Crippen LogP contribution in [0.3, 0.4) is 0 Å². The number of cyclic esters (lactones) is 2. The minimum absolute atomic E-state index is 0.264. The molecule has 3 atom stereocenters. The zero-order chi connectivity index (χ0) is 24.7. The Morgan fingerprint density at radius 1 is 0.943 bits per heavy atom. The third-order valence-electron chi connectivity index (χ3n) is 7.76. The summed E-state index contributed by atoms with van der Waals surface area (Å²) >= 11 is 0. The average Bonchev–Trinajstić information content (AvgIpc) is 3.54. The van der Waals surface area contributed by atoms with E-state index in [0.29, 0.717) is 30.8 Å². The molecule has 3 aliphatic heterocycles. The van der Waals surface area contributed by atoms with E-state index < -0.39 is 12.2 Å². The number of rotatable bonds is 8. The minimum Gasteiger partial charge on any atom is -0.457 e. The third-order valence-corrected chi connectivity index (χ3v) is 7.76. The summed E-state index contributed by atoms with van der Waals surface area (Å²) in [4.78, 5) is 25.9. The molecule has 0 aromatic heterocycles. The zero-order valence-corrected chi connectivity index (χ0v) is 20.2. The molecule has 3 heterocycles. The quantitative estimate of drug-likeness (QED) is 0.495. The molecule has 0 radical (unpaired) electrons. The summed E-state index contributed by atoms with van der Waals surface area (Å²) in [5, 5.41) is 25.2. The van der Waals surface area contributed by atoms with E-state index in [0.717, 1.165) is 52.8 Å². The second-order valence-corrected chi connectivity index (χ2v) is 9.74. The molecule has 0 spiro atoms. The van der Waals surface area contributed by atoms with Crippen LogP contribution in [0.2, 0.25) is 0 Å². The van der Waals surface area contributed by atoms with Gasteiger partial charge in [0.15, 0.2) is 0 Å². The fourth-order valence-corrected chi connectivity index (χ4v) is 5.64. The van der Waals surface area contributed by atoms with Crippen molar-refractivity contribution in [1.82, 2.24) is 10.2 Å². The van der Waals surface area contributed by atoms with Crippen molar-refractivity contribution in [2.24, 2.45) is 0 Å². The Balaban J connectivity index is 1.17. The summed E-state index contributed by atoms with van der Waals surface area (Å²) in [7, 11) is 0. The van der Waals surface area contributed by atoms with Crippen LogP contribution in [0.1, 0.15) is 79.1 Å². The number of likely N-dealkylation sites (tertiary alicyclic amines) is 1. The van der Waals surface area contributed by atoms with Gasteiger partial charge < -0.3 is 25.0 Å². The summed E-state index contributed by atoms with van der Waals surface area (Å²) in [5.74, 6) is -0.600. The first kappa shape index (κ1) is 23.9. The SMILES string of the molecule is Cc1c([C@@H](O)CNCC2CCCN2C[C@H](O)c2ccc3c(c2C)COC3=O)ccc2c1COC2=O. The Morgan fingerprint density at radius 3 is 2.11 bits per heavy atom. The van der Waals surface area contributed by atoms with Crippen LogP contribution in [-0.4, -0.2) is 59.3 Å². The molecule has 0 saturated carbocycles. The van der Waals surface area contributed by atoms with Crippen LogP contribution in [0, 0.1) is 13.8 Å². The van der Waals surface area contributed by atoms with Gasteiger partial charge in [-0.15, -0.1) is 0 Å². The van der Waals surface area contributed by atoms with E-state index in [2.05, 4.69) is 10.2 Å². The van der Waals surface area contributed by atoms with E-state index in [-0.39, 0.29) is 31.2 Å². The van der Waals surface area contributed by atoms with Gasteiger partial charge in [0.25, 0.3) is 0 Å². The Bertz CT molecular complexity index is 1160. The molecule has 0 amide bonds. The van der Waals surface area contributed by atoms with Crippen molar-refractivity contribution in [2.75, 3.05) is 26.2 Å². The molecule has 8 heteroatoms. The highest BCUT2D eigenvalue weighted by Gasteiger charge is 2.30. The second-order valence-electron chi connectivity index (χ2n) is 9.74. The molecule has 8 nitrogen and oxygen atoms in total. The first-order chi connectivity index (χ1) is 16.8. The van der Waals surface area contributed by atoms with Gasteiger partial charge in [-0.05, 0) is 67.6 Å². The lowest BCUT2D eigenvalue weighted by molar-refractivity contribution is 0.0525. The number of carbonyl (C=O) groups excluding carboxylic acids is 2. The van der Waals surface area contributed by atoms with Gasteiger partial charge in [0.1, 0.15) is 13.2 Å². The van der Waals surface area contributed by atoms with Crippen molar-refractivity contribution in [3.05, 3.63) is 68.8 Å². The lowest BCUT2D eigenvalue weighted by Crippen LogP contribution is -2.41. The van der Waals surface area contributed by atoms with Gasteiger partial charge in [-0.25, -0.2) is 9.59 Å². The van der Waals surface area contributed by atoms with Crippen molar-refractivity contribution in [2.45, 2.75) is 58.2 Å². The molecular formula is C27H32N2O6. The largest absolute Gasteiger partial charge is 0.457 e. The van der Waals surface area contributed by atoms with E-state index >= 15 is 0 Å². The van der Waals surface area contributed by atoms with E-state index in [9.17, 15) is 19.8 Å². The molecule has 186 valence electrons. The number of carbonyl (C=O) groups is 2. The van der Waals surface area contributed by atoms with Gasteiger partial charge in [-0.3, -0.25) is 4.90 Å². The van der Waals surface area contributed by atoms with Crippen molar-refractivity contribution < 1.29 is 29.3 Å². The van der Waals surface area contributed by atoms with E-state index in [1.165, 1.54) is 0 Å². The highest BCUT2D eigenvalue weighted by Crippen LogP contribution is 2.31. The zero-order valence-electron chi connectivity index (χ0n) is 20.2. The van der Waals surface area contributed by atoms with Crippen molar-refractivity contribution in [3.8, 4) is 0 Å². The number of aliphatic hydroxyl groups excluding tert-OH is 2. The maximum Gasteiger partial charge on any atom is 0.338 e. The third kappa shape index (κ3) is 4.47. The van der Waals surface area contributed by atoms with Crippen LogP contribution in [-0.2, 0) is 22.7 Å². The second kappa shape index (κ2) is 9.70. The Kier molecular flexibility index (Phi) is 6.63. The Hall–Kier alpha value is -2.78. The van der Waals surface area contributed by atoms with Crippen LogP contribution in [0.5, 0.6) is 0 Å². The number of hydrogen-bond acceptors (Lipinski definition) is 8. The molecule has 35 heavy (non-hydrogen) atoms. The molecule has 0 bridgehead atoms. The topological polar surface area (TPSA) is 108 Å². The van der Waals surface area contributed by atoms with Crippen LogP contribution >= 0.6 is 0 Å². The molecule has 0 aliphatic carbocycles. The summed E-state index contributed by atoms with van der Waals surface area (Å²) in [6.07, 6.45) is 0.751. The van der Waals surface area contributed by atoms with E-state index in [4.69, 9.17) is 9.47 Å². The van der Waals surface area contributed by atoms with Gasteiger partial charge in [0, 0.05) is 36.8 Å². The van der Waals surface area contributed by atoms with Gasteiger partial charge >= 0.3 is 11.9 Å². The molecule has 1 unspecified atom stereocenters. The van der Waals surface area contributed by atoms with E-state index in [1.807, 2.05) is 26.0 Å². The fourth-order valence-electron chi connectivity index (χ4n) is 5.64. The van der Waals surface area contributed by atoms with Crippen LogP contribution in [0.4, 0.5) is 0 Å². The molecule has 3 aliphatic rings. The number of nitrogens with one attached hydrogen (secondary N) is 1. The van der Waals surface area contributed by atoms with Crippen molar-refractivity contribution in [1.29, 1.82) is 0 Å². The highest BCUT2D eigenvalue weighted by molar-refractivity contribution is 5.94. The molecule has 1 fully saturated rings. The first-order valence-electron chi connectivity index (χ1n) is 12.2. The van der Waals surface area contributed by atoms with Crippen molar-refractivity contribution >= 4 is 11.9 Å². The van der Waals surface area contributed by atoms with Gasteiger partial charge in [-0.1, -0.05) is 12.1 Å². The number of aliphatic hydroxyl groups is 2. The van der Waals surface area contributed by atoms with Crippen LogP contribution in [0.25, 0.3) is 0 Å². The average molecular weight is 481 g/mol. The molecule has 3 N–H and O–H groups in total. The number of fused-ring (bicyclic) bond motifs is 2. The number of hydrogen-bond donors (Lipinski definition) is 3. The summed E-state index contributed by atoms with van der Waals surface area (Å²) in [5.41, 5.74) is 6.40. The number of ether oxygens (including phenoxy) is 2. The van der Waals surface area contributed by atoms with Gasteiger partial charge in [0.05, 0.1) is 23.3 Å². The predicted octanol–water partition coefficient (Wildman–Crippen LogP) is 2.47. The standard InChI is InChI=1S/C27H32N2O6/c1-15-18(5-7-20-22(15)13-34-26(20)32)24(30)11-28-10-17-4-3-9-29(17)12-25(31)19-6-8-21-23(16(19)2)14-35-27(21)33/h5-8,17,24-25,28,30-31H,3-4,9-14H2,1-2H3/t17?,24-,25-/m0/s1. The van der Waals surface area contributed by atoms with Crippen LogP contribution in [0.15, 0.2) is 24.3 Å².